The van der Waals surface area contributed by atoms with Gasteiger partial charge in [-0.05, 0) is 23.6 Å². The first kappa shape index (κ1) is 12.0. The largest absolute Gasteiger partial charge is 0.493 e. The van der Waals surface area contributed by atoms with Crippen LogP contribution in [-0.4, -0.2) is 37.7 Å². The van der Waals surface area contributed by atoms with Crippen LogP contribution in [0.1, 0.15) is 30.5 Å². The van der Waals surface area contributed by atoms with E-state index in [-0.39, 0.29) is 0 Å². The van der Waals surface area contributed by atoms with E-state index in [0.717, 1.165) is 45.0 Å². The molecule has 2 heterocycles. The van der Waals surface area contributed by atoms with E-state index in [9.17, 15) is 0 Å². The Morgan fingerprint density at radius 2 is 2.17 bits per heavy atom. The molecule has 0 amide bonds. The van der Waals surface area contributed by atoms with Crippen LogP contribution in [0.5, 0.6) is 5.75 Å². The van der Waals surface area contributed by atoms with E-state index in [1.165, 1.54) is 17.5 Å². The summed E-state index contributed by atoms with van der Waals surface area (Å²) in [7, 11) is 0. The standard InChI is InChI=1S/C15H22N2O/c1-2-14(17-8-6-16-7-9-17)12-3-4-15-13(11-12)5-10-18-15/h3-4,11,14,16H,2,5-10H2,1H3/t14-/m0/s1. The molecule has 0 spiro atoms. The van der Waals surface area contributed by atoms with Crippen LogP contribution >= 0.6 is 0 Å². The predicted octanol–water partition coefficient (Wildman–Crippen LogP) is 1.98. The van der Waals surface area contributed by atoms with Gasteiger partial charge in [-0.1, -0.05) is 19.1 Å². The summed E-state index contributed by atoms with van der Waals surface area (Å²) < 4.78 is 5.59. The first-order valence-corrected chi connectivity index (χ1v) is 7.09. The molecular formula is C15H22N2O. The van der Waals surface area contributed by atoms with E-state index in [1.807, 2.05) is 0 Å². The molecule has 1 atom stereocenters. The first-order chi connectivity index (χ1) is 8.88. The fourth-order valence-corrected chi connectivity index (χ4v) is 3.11. The van der Waals surface area contributed by atoms with Gasteiger partial charge in [-0.2, -0.15) is 0 Å². The van der Waals surface area contributed by atoms with Gasteiger partial charge in [0, 0.05) is 38.6 Å². The minimum atomic E-state index is 0.568. The monoisotopic (exact) mass is 246 g/mol. The number of ether oxygens (including phenoxy) is 1. The number of benzene rings is 1. The molecule has 3 heteroatoms. The highest BCUT2D eigenvalue weighted by atomic mass is 16.5. The first-order valence-electron chi connectivity index (χ1n) is 7.09. The lowest BCUT2D eigenvalue weighted by molar-refractivity contribution is 0.169. The molecule has 0 saturated carbocycles. The average molecular weight is 246 g/mol. The molecule has 3 rings (SSSR count). The van der Waals surface area contributed by atoms with Gasteiger partial charge < -0.3 is 10.1 Å². The van der Waals surface area contributed by atoms with Gasteiger partial charge in [0.2, 0.25) is 0 Å². The highest BCUT2D eigenvalue weighted by Gasteiger charge is 2.22. The van der Waals surface area contributed by atoms with Crippen molar-refractivity contribution >= 4 is 0 Å². The van der Waals surface area contributed by atoms with Gasteiger partial charge in [0.15, 0.2) is 0 Å². The molecule has 0 unspecified atom stereocenters. The molecule has 0 aromatic heterocycles. The molecule has 2 aliphatic heterocycles. The van der Waals surface area contributed by atoms with Crippen molar-refractivity contribution in [3.05, 3.63) is 29.3 Å². The van der Waals surface area contributed by atoms with E-state index >= 15 is 0 Å². The van der Waals surface area contributed by atoms with Crippen LogP contribution in [0.15, 0.2) is 18.2 Å². The summed E-state index contributed by atoms with van der Waals surface area (Å²) in [6.45, 7) is 7.69. The zero-order chi connectivity index (χ0) is 12.4. The Balaban J connectivity index is 1.82. The van der Waals surface area contributed by atoms with Crippen molar-refractivity contribution in [1.29, 1.82) is 0 Å². The number of hydrogen-bond donors (Lipinski definition) is 1. The van der Waals surface area contributed by atoms with Gasteiger partial charge in [-0.15, -0.1) is 0 Å². The van der Waals surface area contributed by atoms with Gasteiger partial charge in [0.1, 0.15) is 5.75 Å². The maximum Gasteiger partial charge on any atom is 0.122 e. The molecule has 1 fully saturated rings. The molecule has 98 valence electrons. The van der Waals surface area contributed by atoms with Crippen LogP contribution in [0.3, 0.4) is 0 Å². The van der Waals surface area contributed by atoms with Crippen LogP contribution in [0.2, 0.25) is 0 Å². The molecule has 1 N–H and O–H groups in total. The molecule has 1 aromatic carbocycles. The minimum Gasteiger partial charge on any atom is -0.493 e. The molecule has 0 bridgehead atoms. The number of fused-ring (bicyclic) bond motifs is 1. The van der Waals surface area contributed by atoms with E-state index in [4.69, 9.17) is 4.74 Å². The quantitative estimate of drug-likeness (QED) is 0.882. The van der Waals surface area contributed by atoms with Crippen LogP contribution in [0.4, 0.5) is 0 Å². The van der Waals surface area contributed by atoms with Crippen molar-refractivity contribution < 1.29 is 4.74 Å². The van der Waals surface area contributed by atoms with Crippen molar-refractivity contribution in [1.82, 2.24) is 10.2 Å². The molecule has 1 saturated heterocycles. The zero-order valence-corrected chi connectivity index (χ0v) is 11.1. The third kappa shape index (κ3) is 2.25. The molecule has 18 heavy (non-hydrogen) atoms. The van der Waals surface area contributed by atoms with Crippen molar-refractivity contribution in [3.8, 4) is 5.75 Å². The molecule has 3 nitrogen and oxygen atoms in total. The molecule has 0 aliphatic carbocycles. The second kappa shape index (κ2) is 5.29. The predicted molar refractivity (Wildman–Crippen MR) is 73.1 cm³/mol. The Morgan fingerprint density at radius 3 is 2.94 bits per heavy atom. The number of piperazine rings is 1. The smallest absolute Gasteiger partial charge is 0.122 e. The number of hydrogen-bond acceptors (Lipinski definition) is 3. The highest BCUT2D eigenvalue weighted by Crippen LogP contribution is 2.31. The summed E-state index contributed by atoms with van der Waals surface area (Å²) in [5, 5.41) is 3.43. The van der Waals surface area contributed by atoms with Gasteiger partial charge in [-0.25, -0.2) is 0 Å². The fraction of sp³-hybridized carbons (Fsp3) is 0.600. The van der Waals surface area contributed by atoms with Crippen LogP contribution < -0.4 is 10.1 Å². The number of nitrogens with zero attached hydrogens (tertiary/aromatic N) is 1. The third-order valence-corrected chi connectivity index (χ3v) is 4.08. The maximum atomic E-state index is 5.59. The van der Waals surface area contributed by atoms with E-state index in [1.54, 1.807) is 0 Å². The highest BCUT2D eigenvalue weighted by molar-refractivity contribution is 5.40. The number of nitrogens with one attached hydrogen (secondary N) is 1. The summed E-state index contributed by atoms with van der Waals surface area (Å²) in [4.78, 5) is 2.61. The lowest BCUT2D eigenvalue weighted by atomic mass is 9.99. The Hall–Kier alpha value is -1.06. The van der Waals surface area contributed by atoms with Gasteiger partial charge in [0.05, 0.1) is 6.61 Å². The van der Waals surface area contributed by atoms with Gasteiger partial charge in [-0.3, -0.25) is 4.90 Å². The lowest BCUT2D eigenvalue weighted by Gasteiger charge is -2.34. The van der Waals surface area contributed by atoms with Crippen molar-refractivity contribution in [2.24, 2.45) is 0 Å². The Labute approximate surface area is 109 Å². The van der Waals surface area contributed by atoms with Crippen molar-refractivity contribution in [2.45, 2.75) is 25.8 Å². The van der Waals surface area contributed by atoms with Crippen LogP contribution in [0.25, 0.3) is 0 Å². The van der Waals surface area contributed by atoms with Crippen molar-refractivity contribution in [3.63, 3.8) is 0 Å². The Bertz CT molecular complexity index is 413. The molecular weight excluding hydrogens is 224 g/mol. The minimum absolute atomic E-state index is 0.568. The Morgan fingerprint density at radius 1 is 1.33 bits per heavy atom. The number of rotatable bonds is 3. The van der Waals surface area contributed by atoms with Gasteiger partial charge in [0.25, 0.3) is 0 Å². The summed E-state index contributed by atoms with van der Waals surface area (Å²) in [5.41, 5.74) is 2.85. The SMILES string of the molecule is CC[C@@H](c1ccc2c(c1)CCO2)N1CCNCC1. The van der Waals surface area contributed by atoms with Crippen molar-refractivity contribution in [2.75, 3.05) is 32.8 Å². The molecule has 2 aliphatic rings. The summed E-state index contributed by atoms with van der Waals surface area (Å²) >= 11 is 0. The van der Waals surface area contributed by atoms with E-state index in [2.05, 4.69) is 35.3 Å². The van der Waals surface area contributed by atoms with E-state index in [0.29, 0.717) is 6.04 Å². The average Bonchev–Trinajstić information content (AvgIpc) is 2.88. The van der Waals surface area contributed by atoms with Crippen LogP contribution in [-0.2, 0) is 6.42 Å². The zero-order valence-electron chi connectivity index (χ0n) is 11.1. The maximum absolute atomic E-state index is 5.59. The van der Waals surface area contributed by atoms with Gasteiger partial charge >= 0.3 is 0 Å². The normalized spacial score (nSPS) is 21.4. The second-order valence-electron chi connectivity index (χ2n) is 5.18. The third-order valence-electron chi connectivity index (χ3n) is 4.08. The molecule has 0 radical (unpaired) electrons. The Kier molecular flexibility index (Phi) is 3.52. The molecule has 1 aromatic rings. The summed E-state index contributed by atoms with van der Waals surface area (Å²) in [6.07, 6.45) is 2.25. The summed E-state index contributed by atoms with van der Waals surface area (Å²) in [6, 6.07) is 7.33. The topological polar surface area (TPSA) is 24.5 Å². The second-order valence-corrected chi connectivity index (χ2v) is 5.18. The lowest BCUT2D eigenvalue weighted by Crippen LogP contribution is -2.45. The van der Waals surface area contributed by atoms with E-state index < -0.39 is 0 Å². The fourth-order valence-electron chi connectivity index (χ4n) is 3.11. The van der Waals surface area contributed by atoms with Crippen LogP contribution in [0, 0.1) is 0 Å². The summed E-state index contributed by atoms with van der Waals surface area (Å²) in [5.74, 6) is 1.09.